The monoisotopic (exact) mass is 415 g/mol. The molecule has 0 spiro atoms. The molecule has 2 N–H and O–H groups in total. The Balaban J connectivity index is 1.82. The summed E-state index contributed by atoms with van der Waals surface area (Å²) in [5, 5.41) is 12.0. The summed E-state index contributed by atoms with van der Waals surface area (Å²) in [6, 6.07) is 14.7. The number of aliphatic carboxylic acids is 1. The van der Waals surface area contributed by atoms with Crippen molar-refractivity contribution in [3.05, 3.63) is 65.2 Å². The molecule has 7 nitrogen and oxygen atoms in total. The lowest BCUT2D eigenvalue weighted by Crippen LogP contribution is -2.29. The SMILES string of the molecule is CCOc1ccc(COC(=O)NCc2cccc(C[C@H](OC(C)C)C(=O)O)c2)cc1. The van der Waals surface area contributed by atoms with Gasteiger partial charge in [0.05, 0.1) is 12.7 Å². The molecule has 0 aliphatic heterocycles. The first-order valence-corrected chi connectivity index (χ1v) is 9.95. The summed E-state index contributed by atoms with van der Waals surface area (Å²) in [5.41, 5.74) is 2.53. The third-order valence-electron chi connectivity index (χ3n) is 4.17. The molecule has 162 valence electrons. The molecule has 2 aromatic rings. The fourth-order valence-corrected chi connectivity index (χ4v) is 2.83. The fraction of sp³-hybridized carbons (Fsp3) is 0.391. The zero-order valence-corrected chi connectivity index (χ0v) is 17.6. The lowest BCUT2D eigenvalue weighted by molar-refractivity contribution is -0.153. The minimum Gasteiger partial charge on any atom is -0.494 e. The second-order valence-corrected chi connectivity index (χ2v) is 7.04. The Morgan fingerprint density at radius 2 is 1.73 bits per heavy atom. The van der Waals surface area contributed by atoms with Crippen LogP contribution in [-0.4, -0.2) is 36.0 Å². The number of ether oxygens (including phenoxy) is 3. The van der Waals surface area contributed by atoms with Gasteiger partial charge in [-0.05, 0) is 49.6 Å². The van der Waals surface area contributed by atoms with Crippen LogP contribution in [0.15, 0.2) is 48.5 Å². The molecule has 1 amide bonds. The van der Waals surface area contributed by atoms with E-state index in [9.17, 15) is 14.7 Å². The van der Waals surface area contributed by atoms with Gasteiger partial charge in [-0.15, -0.1) is 0 Å². The van der Waals surface area contributed by atoms with Crippen LogP contribution in [-0.2, 0) is 33.8 Å². The maximum atomic E-state index is 12.0. The minimum absolute atomic E-state index is 0.158. The van der Waals surface area contributed by atoms with Crippen molar-refractivity contribution in [2.24, 2.45) is 0 Å². The van der Waals surface area contributed by atoms with Crippen molar-refractivity contribution in [3.63, 3.8) is 0 Å². The van der Waals surface area contributed by atoms with Crippen LogP contribution in [0.2, 0.25) is 0 Å². The van der Waals surface area contributed by atoms with E-state index in [4.69, 9.17) is 14.2 Å². The number of hydrogen-bond donors (Lipinski definition) is 2. The molecule has 0 aliphatic rings. The lowest BCUT2D eigenvalue weighted by atomic mass is 10.0. The van der Waals surface area contributed by atoms with Gasteiger partial charge < -0.3 is 24.6 Å². The summed E-state index contributed by atoms with van der Waals surface area (Å²) in [6.07, 6.45) is -1.36. The van der Waals surface area contributed by atoms with Gasteiger partial charge in [0.15, 0.2) is 6.10 Å². The standard InChI is InChI=1S/C23H29NO6/c1-4-28-20-10-8-17(9-11-20)15-29-23(27)24-14-19-7-5-6-18(12-19)13-21(22(25)26)30-16(2)3/h5-12,16,21H,4,13-15H2,1-3H3,(H,24,27)(H,25,26)/t21-/m0/s1. The quantitative estimate of drug-likeness (QED) is 0.577. The summed E-state index contributed by atoms with van der Waals surface area (Å²) in [7, 11) is 0. The Morgan fingerprint density at radius 3 is 2.37 bits per heavy atom. The Hall–Kier alpha value is -3.06. The lowest BCUT2D eigenvalue weighted by Gasteiger charge is -2.17. The normalized spacial score (nSPS) is 11.7. The van der Waals surface area contributed by atoms with Crippen LogP contribution < -0.4 is 10.1 Å². The molecule has 1 atom stereocenters. The number of hydrogen-bond acceptors (Lipinski definition) is 5. The summed E-state index contributed by atoms with van der Waals surface area (Å²) < 4.78 is 16.1. The molecular formula is C23H29NO6. The summed E-state index contributed by atoms with van der Waals surface area (Å²) in [6.45, 7) is 6.55. The topological polar surface area (TPSA) is 94.1 Å². The smallest absolute Gasteiger partial charge is 0.407 e. The largest absolute Gasteiger partial charge is 0.494 e. The van der Waals surface area contributed by atoms with Crippen LogP contribution in [0.3, 0.4) is 0 Å². The molecule has 0 radical (unpaired) electrons. The van der Waals surface area contributed by atoms with Crippen molar-refractivity contribution in [2.75, 3.05) is 6.61 Å². The number of benzene rings is 2. The number of rotatable bonds is 11. The molecule has 0 fully saturated rings. The van der Waals surface area contributed by atoms with Crippen LogP contribution in [0.4, 0.5) is 4.79 Å². The van der Waals surface area contributed by atoms with E-state index in [0.29, 0.717) is 6.61 Å². The molecule has 0 saturated carbocycles. The maximum absolute atomic E-state index is 12.0. The molecule has 0 saturated heterocycles. The molecular weight excluding hydrogens is 386 g/mol. The van der Waals surface area contributed by atoms with E-state index >= 15 is 0 Å². The number of carbonyl (C=O) groups excluding carboxylic acids is 1. The highest BCUT2D eigenvalue weighted by Crippen LogP contribution is 2.13. The van der Waals surface area contributed by atoms with Crippen molar-refractivity contribution >= 4 is 12.1 Å². The highest BCUT2D eigenvalue weighted by molar-refractivity contribution is 5.72. The average molecular weight is 415 g/mol. The zero-order valence-electron chi connectivity index (χ0n) is 17.6. The van der Waals surface area contributed by atoms with Crippen molar-refractivity contribution in [1.29, 1.82) is 0 Å². The summed E-state index contributed by atoms with van der Waals surface area (Å²) in [5.74, 6) is -0.223. The number of amides is 1. The number of nitrogens with one attached hydrogen (secondary N) is 1. The van der Waals surface area contributed by atoms with Crippen LogP contribution >= 0.6 is 0 Å². The molecule has 30 heavy (non-hydrogen) atoms. The van der Waals surface area contributed by atoms with Gasteiger partial charge in [0, 0.05) is 13.0 Å². The highest BCUT2D eigenvalue weighted by Gasteiger charge is 2.20. The Bertz CT molecular complexity index is 819. The van der Waals surface area contributed by atoms with Gasteiger partial charge in [-0.25, -0.2) is 9.59 Å². The summed E-state index contributed by atoms with van der Waals surface area (Å²) >= 11 is 0. The van der Waals surface area contributed by atoms with E-state index in [-0.39, 0.29) is 25.7 Å². The number of alkyl carbamates (subject to hydrolysis) is 1. The zero-order chi connectivity index (χ0) is 21.9. The van der Waals surface area contributed by atoms with Crippen LogP contribution in [0, 0.1) is 0 Å². The second kappa shape index (κ2) is 11.8. The van der Waals surface area contributed by atoms with E-state index < -0.39 is 18.2 Å². The van der Waals surface area contributed by atoms with Crippen molar-refractivity contribution in [1.82, 2.24) is 5.32 Å². The molecule has 0 aromatic heterocycles. The van der Waals surface area contributed by atoms with E-state index in [1.807, 2.05) is 55.5 Å². The van der Waals surface area contributed by atoms with Gasteiger partial charge >= 0.3 is 12.1 Å². The van der Waals surface area contributed by atoms with Gasteiger partial charge in [-0.1, -0.05) is 36.4 Å². The highest BCUT2D eigenvalue weighted by atomic mass is 16.5. The first-order chi connectivity index (χ1) is 14.4. The average Bonchev–Trinajstić information content (AvgIpc) is 2.71. The summed E-state index contributed by atoms with van der Waals surface area (Å²) in [4.78, 5) is 23.4. The van der Waals surface area contributed by atoms with E-state index in [0.717, 1.165) is 22.4 Å². The first-order valence-electron chi connectivity index (χ1n) is 9.95. The number of carboxylic acids is 1. The Morgan fingerprint density at radius 1 is 1.03 bits per heavy atom. The molecule has 2 aromatic carbocycles. The molecule has 0 aliphatic carbocycles. The minimum atomic E-state index is -0.995. The van der Waals surface area contributed by atoms with Crippen LogP contribution in [0.1, 0.15) is 37.5 Å². The maximum Gasteiger partial charge on any atom is 0.407 e. The van der Waals surface area contributed by atoms with Crippen LogP contribution in [0.5, 0.6) is 5.75 Å². The second-order valence-electron chi connectivity index (χ2n) is 7.04. The van der Waals surface area contributed by atoms with E-state index in [1.165, 1.54) is 0 Å². The van der Waals surface area contributed by atoms with Gasteiger partial charge in [0.25, 0.3) is 0 Å². The Labute approximate surface area is 177 Å². The third kappa shape index (κ3) is 8.13. The first kappa shape index (κ1) is 23.2. The van der Waals surface area contributed by atoms with Crippen molar-refractivity contribution in [2.45, 2.75) is 52.6 Å². The number of carboxylic acid groups (broad SMARTS) is 1. The molecule has 0 unspecified atom stereocenters. The predicted molar refractivity (Wildman–Crippen MR) is 112 cm³/mol. The molecule has 2 rings (SSSR count). The Kier molecular flexibility index (Phi) is 9.15. The fourth-order valence-electron chi connectivity index (χ4n) is 2.83. The molecule has 7 heteroatoms. The molecule has 0 bridgehead atoms. The predicted octanol–water partition coefficient (Wildman–Crippen LogP) is 3.93. The van der Waals surface area contributed by atoms with E-state index in [1.54, 1.807) is 13.8 Å². The number of carbonyl (C=O) groups is 2. The third-order valence-corrected chi connectivity index (χ3v) is 4.17. The van der Waals surface area contributed by atoms with Gasteiger partial charge in [0.2, 0.25) is 0 Å². The van der Waals surface area contributed by atoms with Gasteiger partial charge in [-0.3, -0.25) is 0 Å². The molecule has 0 heterocycles. The van der Waals surface area contributed by atoms with E-state index in [2.05, 4.69) is 5.32 Å². The van der Waals surface area contributed by atoms with Gasteiger partial charge in [-0.2, -0.15) is 0 Å². The van der Waals surface area contributed by atoms with Crippen molar-refractivity contribution < 1.29 is 28.9 Å². The van der Waals surface area contributed by atoms with Crippen molar-refractivity contribution in [3.8, 4) is 5.75 Å². The van der Waals surface area contributed by atoms with Gasteiger partial charge in [0.1, 0.15) is 12.4 Å². The van der Waals surface area contributed by atoms with Crippen LogP contribution in [0.25, 0.3) is 0 Å².